The summed E-state index contributed by atoms with van der Waals surface area (Å²) >= 11 is 0. The smallest absolute Gasteiger partial charge is 0.465 e. The first-order chi connectivity index (χ1) is 10.6. The van der Waals surface area contributed by atoms with Crippen molar-refractivity contribution in [2.75, 3.05) is 6.54 Å². The Bertz CT molecular complexity index is 640. The van der Waals surface area contributed by atoms with E-state index in [0.29, 0.717) is 13.1 Å². The van der Waals surface area contributed by atoms with Crippen molar-refractivity contribution >= 4 is 18.7 Å². The van der Waals surface area contributed by atoms with Crippen LogP contribution < -0.4 is 5.46 Å². The van der Waals surface area contributed by atoms with Gasteiger partial charge in [-0.05, 0) is 63.2 Å². The lowest BCUT2D eigenvalue weighted by molar-refractivity contribution is 0.00578. The van der Waals surface area contributed by atoms with Crippen molar-refractivity contribution in [1.82, 2.24) is 4.90 Å². The molecule has 0 atom stereocenters. The van der Waals surface area contributed by atoms with Gasteiger partial charge in [0.05, 0.1) is 11.2 Å². The first-order valence-electron chi connectivity index (χ1n) is 8.07. The van der Waals surface area contributed by atoms with Crippen LogP contribution in [0.15, 0.2) is 12.1 Å². The number of benzene rings is 1. The molecule has 0 bridgehead atoms. The average Bonchev–Trinajstić information content (AvgIpc) is 2.67. The Kier molecular flexibility index (Phi) is 3.73. The molecule has 1 aromatic rings. The zero-order chi connectivity index (χ0) is 17.0. The summed E-state index contributed by atoms with van der Waals surface area (Å²) in [5, 5.41) is 9.16. The third-order valence-corrected chi connectivity index (χ3v) is 5.51. The van der Waals surface area contributed by atoms with Crippen molar-refractivity contribution in [3.8, 4) is 0 Å². The Morgan fingerprint density at radius 1 is 1.22 bits per heavy atom. The van der Waals surface area contributed by atoms with Crippen molar-refractivity contribution in [1.29, 1.82) is 0 Å². The Morgan fingerprint density at radius 3 is 2.39 bits per heavy atom. The molecule has 0 radical (unpaired) electrons. The van der Waals surface area contributed by atoms with Crippen molar-refractivity contribution in [2.24, 2.45) is 0 Å². The predicted octanol–water partition coefficient (Wildman–Crippen LogP) is 2.33. The van der Waals surface area contributed by atoms with Gasteiger partial charge in [-0.15, -0.1) is 0 Å². The standard InChI is InChI=1S/C17H24BNO4/c1-11-13-8-9-19(15(20)21)10-12(13)6-7-14(11)18-22-16(2,3)17(4,5)23-18/h6-7H,8-10H2,1-5H3,(H,20,21). The van der Waals surface area contributed by atoms with Crippen LogP contribution in [0.2, 0.25) is 0 Å². The third kappa shape index (κ3) is 2.64. The number of rotatable bonds is 1. The highest BCUT2D eigenvalue weighted by atomic mass is 16.7. The topological polar surface area (TPSA) is 59.0 Å². The Labute approximate surface area is 137 Å². The van der Waals surface area contributed by atoms with Crippen molar-refractivity contribution in [3.63, 3.8) is 0 Å². The SMILES string of the molecule is Cc1c(B2OC(C)(C)C(C)(C)O2)ccc2c1CCN(C(=O)O)C2. The molecule has 1 saturated heterocycles. The fraction of sp³-hybridized carbons (Fsp3) is 0.588. The van der Waals surface area contributed by atoms with Crippen LogP contribution in [0.4, 0.5) is 4.79 Å². The van der Waals surface area contributed by atoms with Crippen molar-refractivity contribution < 1.29 is 19.2 Å². The zero-order valence-electron chi connectivity index (χ0n) is 14.5. The summed E-state index contributed by atoms with van der Waals surface area (Å²) in [6.45, 7) is 11.3. The van der Waals surface area contributed by atoms with Crippen LogP contribution in [0.3, 0.4) is 0 Å². The molecule has 1 amide bonds. The lowest BCUT2D eigenvalue weighted by Crippen LogP contribution is -2.41. The van der Waals surface area contributed by atoms with Crippen LogP contribution in [0.1, 0.15) is 44.4 Å². The first kappa shape index (κ1) is 16.3. The number of carbonyl (C=O) groups is 1. The molecule has 5 nitrogen and oxygen atoms in total. The Morgan fingerprint density at radius 2 is 1.83 bits per heavy atom. The van der Waals surface area contributed by atoms with Crippen LogP contribution in [0.25, 0.3) is 0 Å². The second-order valence-corrected chi connectivity index (χ2v) is 7.46. The van der Waals surface area contributed by atoms with Crippen molar-refractivity contribution in [3.05, 3.63) is 28.8 Å². The molecule has 2 aliphatic rings. The molecule has 6 heteroatoms. The maximum absolute atomic E-state index is 11.2. The minimum Gasteiger partial charge on any atom is -0.465 e. The largest absolute Gasteiger partial charge is 0.495 e. The summed E-state index contributed by atoms with van der Waals surface area (Å²) in [5.74, 6) is 0. The zero-order valence-corrected chi connectivity index (χ0v) is 14.5. The van der Waals surface area contributed by atoms with E-state index in [2.05, 4.69) is 6.92 Å². The van der Waals surface area contributed by atoms with Gasteiger partial charge in [0.25, 0.3) is 0 Å². The number of fused-ring (bicyclic) bond motifs is 1. The van der Waals surface area contributed by atoms with E-state index in [0.717, 1.165) is 23.0 Å². The molecule has 0 spiro atoms. The van der Waals surface area contributed by atoms with E-state index in [9.17, 15) is 4.79 Å². The molecule has 2 heterocycles. The van der Waals surface area contributed by atoms with Gasteiger partial charge in [0.1, 0.15) is 0 Å². The molecular weight excluding hydrogens is 293 g/mol. The second kappa shape index (κ2) is 5.25. The van der Waals surface area contributed by atoms with Crippen LogP contribution >= 0.6 is 0 Å². The molecule has 1 N–H and O–H groups in total. The summed E-state index contributed by atoms with van der Waals surface area (Å²) in [4.78, 5) is 12.6. The molecule has 3 rings (SSSR count). The quantitative estimate of drug-likeness (QED) is 0.808. The highest BCUT2D eigenvalue weighted by Gasteiger charge is 2.52. The van der Waals surface area contributed by atoms with Gasteiger partial charge < -0.3 is 19.3 Å². The first-order valence-corrected chi connectivity index (χ1v) is 8.07. The van der Waals surface area contributed by atoms with Gasteiger partial charge in [0.2, 0.25) is 0 Å². The normalized spacial score (nSPS) is 22.1. The van der Waals surface area contributed by atoms with Gasteiger partial charge in [-0.2, -0.15) is 0 Å². The van der Waals surface area contributed by atoms with Gasteiger partial charge in [0, 0.05) is 13.1 Å². The monoisotopic (exact) mass is 317 g/mol. The number of hydrogen-bond donors (Lipinski definition) is 1. The number of nitrogens with zero attached hydrogens (tertiary/aromatic N) is 1. The summed E-state index contributed by atoms with van der Waals surface area (Å²) in [7, 11) is -0.372. The fourth-order valence-corrected chi connectivity index (χ4v) is 3.25. The van der Waals surface area contributed by atoms with Crippen molar-refractivity contribution in [2.45, 2.75) is 58.8 Å². The van der Waals surface area contributed by atoms with Crippen LogP contribution in [-0.2, 0) is 22.3 Å². The lowest BCUT2D eigenvalue weighted by atomic mass is 9.73. The molecule has 1 aromatic carbocycles. The van der Waals surface area contributed by atoms with E-state index < -0.39 is 6.09 Å². The molecule has 124 valence electrons. The summed E-state index contributed by atoms with van der Waals surface area (Å²) < 4.78 is 12.3. The van der Waals surface area contributed by atoms with Gasteiger partial charge in [-0.25, -0.2) is 4.79 Å². The van der Waals surface area contributed by atoms with E-state index in [1.54, 1.807) is 0 Å². The summed E-state index contributed by atoms with van der Waals surface area (Å²) in [5.41, 5.74) is 3.79. The van der Waals surface area contributed by atoms with Gasteiger partial charge >= 0.3 is 13.2 Å². The summed E-state index contributed by atoms with van der Waals surface area (Å²) in [6.07, 6.45) is -0.121. The molecule has 0 saturated carbocycles. The van der Waals surface area contributed by atoms with Gasteiger partial charge in [-0.3, -0.25) is 0 Å². The van der Waals surface area contributed by atoms with E-state index in [1.165, 1.54) is 10.5 Å². The third-order valence-electron chi connectivity index (χ3n) is 5.51. The highest BCUT2D eigenvalue weighted by molar-refractivity contribution is 6.62. The van der Waals surface area contributed by atoms with Crippen LogP contribution in [-0.4, -0.2) is 41.0 Å². The number of amides is 1. The number of carboxylic acid groups (broad SMARTS) is 1. The summed E-state index contributed by atoms with van der Waals surface area (Å²) in [6, 6.07) is 4.03. The maximum atomic E-state index is 11.2. The molecule has 23 heavy (non-hydrogen) atoms. The lowest BCUT2D eigenvalue weighted by Gasteiger charge is -2.32. The molecule has 2 aliphatic heterocycles. The Hall–Kier alpha value is -1.53. The van der Waals surface area contributed by atoms with E-state index in [-0.39, 0.29) is 18.3 Å². The molecule has 0 aliphatic carbocycles. The molecule has 0 aromatic heterocycles. The number of hydrogen-bond acceptors (Lipinski definition) is 3. The fourth-order valence-electron chi connectivity index (χ4n) is 3.25. The maximum Gasteiger partial charge on any atom is 0.495 e. The molecular formula is C17H24BNO4. The van der Waals surface area contributed by atoms with Crippen LogP contribution in [0.5, 0.6) is 0 Å². The second-order valence-electron chi connectivity index (χ2n) is 7.46. The van der Waals surface area contributed by atoms with E-state index >= 15 is 0 Å². The molecule has 0 unspecified atom stereocenters. The molecule has 1 fully saturated rings. The van der Waals surface area contributed by atoms with E-state index in [4.69, 9.17) is 14.4 Å². The average molecular weight is 317 g/mol. The highest BCUT2D eigenvalue weighted by Crippen LogP contribution is 2.37. The van der Waals surface area contributed by atoms with Gasteiger partial charge in [-0.1, -0.05) is 12.1 Å². The minimum atomic E-state index is -0.858. The Balaban J connectivity index is 1.91. The van der Waals surface area contributed by atoms with Crippen LogP contribution in [0, 0.1) is 6.92 Å². The van der Waals surface area contributed by atoms with E-state index in [1.807, 2.05) is 39.8 Å². The predicted molar refractivity (Wildman–Crippen MR) is 89.0 cm³/mol. The van der Waals surface area contributed by atoms with Gasteiger partial charge in [0.15, 0.2) is 0 Å². The minimum absolute atomic E-state index is 0.361.